The molecule has 3 aromatic heterocycles. The molecule has 4 heterocycles. The standard InChI is InChI=1S/C29H22FN7O3/c1-16-13-18(15-31-14-16)24-26(37-21(32-24)11-12-22(36-37)40-2)28(38)35-27-29(39)34-25-19(9-6-10-20(25)30)23(33-27)17-7-4-3-5-8-17/h3-15,27H,1-2H3,(H,34,39)(H,35,38). The van der Waals surface area contributed by atoms with E-state index in [9.17, 15) is 14.0 Å². The van der Waals surface area contributed by atoms with Crippen molar-refractivity contribution in [3.05, 3.63) is 107 Å². The highest BCUT2D eigenvalue weighted by molar-refractivity contribution is 6.20. The molecule has 0 spiro atoms. The van der Waals surface area contributed by atoms with Crippen molar-refractivity contribution >= 4 is 28.9 Å². The van der Waals surface area contributed by atoms with Gasteiger partial charge in [-0.1, -0.05) is 42.5 Å². The molecule has 10 nitrogen and oxygen atoms in total. The summed E-state index contributed by atoms with van der Waals surface area (Å²) >= 11 is 0. The molecule has 0 saturated heterocycles. The lowest BCUT2D eigenvalue weighted by molar-refractivity contribution is -0.117. The summed E-state index contributed by atoms with van der Waals surface area (Å²) in [4.78, 5) is 40.7. The van der Waals surface area contributed by atoms with Crippen LogP contribution in [-0.4, -0.2) is 50.4 Å². The maximum atomic E-state index is 14.9. The zero-order chi connectivity index (χ0) is 27.8. The van der Waals surface area contributed by atoms with Crippen LogP contribution in [0.4, 0.5) is 10.1 Å². The van der Waals surface area contributed by atoms with Crippen LogP contribution in [0.1, 0.15) is 27.2 Å². The first kappa shape index (κ1) is 24.9. The van der Waals surface area contributed by atoms with Crippen molar-refractivity contribution in [2.75, 3.05) is 12.4 Å². The second-order valence-electron chi connectivity index (χ2n) is 9.08. The number of ether oxygens (including phenoxy) is 1. The minimum absolute atomic E-state index is 0.0143. The zero-order valence-electron chi connectivity index (χ0n) is 21.4. The van der Waals surface area contributed by atoms with Crippen LogP contribution < -0.4 is 15.4 Å². The molecule has 0 radical (unpaired) electrons. The fourth-order valence-electron chi connectivity index (χ4n) is 4.53. The molecular weight excluding hydrogens is 513 g/mol. The number of amides is 2. The Bertz CT molecular complexity index is 1820. The van der Waals surface area contributed by atoms with Crippen molar-refractivity contribution < 1.29 is 18.7 Å². The fourth-order valence-corrected chi connectivity index (χ4v) is 4.53. The third-order valence-electron chi connectivity index (χ3n) is 6.36. The predicted molar refractivity (Wildman–Crippen MR) is 146 cm³/mol. The van der Waals surface area contributed by atoms with E-state index >= 15 is 0 Å². The van der Waals surface area contributed by atoms with E-state index < -0.39 is 23.8 Å². The number of rotatable bonds is 5. The number of halogens is 1. The number of aliphatic imine (C=N–C) groups is 1. The van der Waals surface area contributed by atoms with E-state index in [1.807, 2.05) is 31.2 Å². The van der Waals surface area contributed by atoms with E-state index in [2.05, 4.69) is 30.7 Å². The average Bonchev–Trinajstić information content (AvgIpc) is 3.29. The van der Waals surface area contributed by atoms with Crippen molar-refractivity contribution in [3.63, 3.8) is 0 Å². The van der Waals surface area contributed by atoms with Gasteiger partial charge in [-0.25, -0.2) is 18.9 Å². The van der Waals surface area contributed by atoms with Crippen LogP contribution in [0.5, 0.6) is 5.88 Å². The number of imidazole rings is 1. The highest BCUT2D eigenvalue weighted by atomic mass is 19.1. The number of hydrogen-bond donors (Lipinski definition) is 2. The summed E-state index contributed by atoms with van der Waals surface area (Å²) in [5.74, 6) is -1.74. The number of benzodiazepines with no additional fused rings is 1. The Balaban J connectivity index is 1.47. The number of carbonyl (C=O) groups is 2. The van der Waals surface area contributed by atoms with Crippen molar-refractivity contribution in [1.29, 1.82) is 0 Å². The van der Waals surface area contributed by atoms with Crippen LogP contribution in [0.15, 0.2) is 84.1 Å². The highest BCUT2D eigenvalue weighted by Crippen LogP contribution is 2.28. The summed E-state index contributed by atoms with van der Waals surface area (Å²) in [6.45, 7) is 1.87. The Labute approximate surface area is 227 Å². The molecule has 2 aromatic carbocycles. The molecule has 198 valence electrons. The molecule has 1 unspecified atom stereocenters. The van der Waals surface area contributed by atoms with Crippen molar-refractivity contribution in [2.24, 2.45) is 4.99 Å². The average molecular weight is 536 g/mol. The molecule has 6 rings (SSSR count). The number of methoxy groups -OCH3 is 1. The van der Waals surface area contributed by atoms with Gasteiger partial charge < -0.3 is 15.4 Å². The second-order valence-corrected chi connectivity index (χ2v) is 9.08. The Morgan fingerprint density at radius 2 is 1.88 bits per heavy atom. The molecule has 1 atom stereocenters. The van der Waals surface area contributed by atoms with Crippen LogP contribution in [-0.2, 0) is 4.79 Å². The number of pyridine rings is 1. The van der Waals surface area contributed by atoms with Crippen LogP contribution >= 0.6 is 0 Å². The minimum atomic E-state index is -1.39. The lowest BCUT2D eigenvalue weighted by Gasteiger charge is -2.14. The molecule has 0 saturated carbocycles. The predicted octanol–water partition coefficient (Wildman–Crippen LogP) is 3.79. The number of nitrogens with zero attached hydrogens (tertiary/aromatic N) is 5. The Hall–Kier alpha value is -5.45. The van der Waals surface area contributed by atoms with E-state index in [1.165, 1.54) is 23.8 Å². The number of fused-ring (bicyclic) bond motifs is 2. The number of aryl methyl sites for hydroxylation is 1. The number of benzene rings is 2. The fraction of sp³-hybridized carbons (Fsp3) is 0.103. The molecule has 1 aliphatic rings. The summed E-state index contributed by atoms with van der Waals surface area (Å²) < 4.78 is 21.5. The lowest BCUT2D eigenvalue weighted by atomic mass is 10.0. The van der Waals surface area contributed by atoms with Crippen LogP contribution in [0.2, 0.25) is 0 Å². The molecule has 0 aliphatic carbocycles. The van der Waals surface area contributed by atoms with Crippen LogP contribution in [0, 0.1) is 12.7 Å². The zero-order valence-corrected chi connectivity index (χ0v) is 21.4. The van der Waals surface area contributed by atoms with Crippen molar-refractivity contribution in [3.8, 4) is 17.1 Å². The Morgan fingerprint density at radius 3 is 2.65 bits per heavy atom. The summed E-state index contributed by atoms with van der Waals surface area (Å²) in [7, 11) is 1.46. The summed E-state index contributed by atoms with van der Waals surface area (Å²) in [5.41, 5.74) is 3.58. The first-order chi connectivity index (χ1) is 19.4. The quantitative estimate of drug-likeness (QED) is 0.353. The van der Waals surface area contributed by atoms with Gasteiger partial charge in [0.1, 0.15) is 11.5 Å². The smallest absolute Gasteiger partial charge is 0.274 e. The number of aromatic nitrogens is 4. The van der Waals surface area contributed by atoms with Gasteiger partial charge in [-0.05, 0) is 30.7 Å². The van der Waals surface area contributed by atoms with E-state index in [1.54, 1.807) is 42.7 Å². The molecule has 0 fully saturated rings. The summed E-state index contributed by atoms with van der Waals surface area (Å²) in [5, 5.41) is 9.67. The van der Waals surface area contributed by atoms with E-state index in [4.69, 9.17) is 4.74 Å². The van der Waals surface area contributed by atoms with E-state index in [-0.39, 0.29) is 17.3 Å². The summed E-state index contributed by atoms with van der Waals surface area (Å²) in [6, 6.07) is 18.6. The van der Waals surface area contributed by atoms with Gasteiger partial charge in [0.15, 0.2) is 11.3 Å². The van der Waals surface area contributed by atoms with E-state index in [0.717, 1.165) is 5.56 Å². The highest BCUT2D eigenvalue weighted by Gasteiger charge is 2.31. The molecule has 0 bridgehead atoms. The number of para-hydroxylation sites is 1. The monoisotopic (exact) mass is 535 g/mol. The van der Waals surface area contributed by atoms with Gasteiger partial charge in [0.25, 0.3) is 11.8 Å². The van der Waals surface area contributed by atoms with Gasteiger partial charge in [-0.2, -0.15) is 0 Å². The molecule has 1 aliphatic heterocycles. The Morgan fingerprint density at radius 1 is 1.05 bits per heavy atom. The Kier molecular flexibility index (Phi) is 6.23. The molecule has 5 aromatic rings. The molecule has 11 heteroatoms. The molecule has 40 heavy (non-hydrogen) atoms. The second kappa shape index (κ2) is 10.0. The van der Waals surface area contributed by atoms with Gasteiger partial charge in [-0.3, -0.25) is 14.6 Å². The molecule has 2 N–H and O–H groups in total. The maximum Gasteiger partial charge on any atom is 0.274 e. The van der Waals surface area contributed by atoms with Gasteiger partial charge in [-0.15, -0.1) is 5.10 Å². The van der Waals surface area contributed by atoms with Crippen LogP contribution in [0.3, 0.4) is 0 Å². The third kappa shape index (κ3) is 4.43. The third-order valence-corrected chi connectivity index (χ3v) is 6.36. The van der Waals surface area contributed by atoms with Crippen molar-refractivity contribution in [1.82, 2.24) is 24.9 Å². The largest absolute Gasteiger partial charge is 0.480 e. The van der Waals surface area contributed by atoms with Gasteiger partial charge >= 0.3 is 0 Å². The summed E-state index contributed by atoms with van der Waals surface area (Å²) in [6.07, 6.45) is 1.88. The van der Waals surface area contributed by atoms with Crippen LogP contribution in [0.25, 0.3) is 16.9 Å². The molecule has 2 amide bonds. The topological polar surface area (TPSA) is 123 Å². The number of nitrogens with one attached hydrogen (secondary N) is 2. The van der Waals surface area contributed by atoms with Crippen molar-refractivity contribution in [2.45, 2.75) is 13.1 Å². The minimum Gasteiger partial charge on any atom is -0.480 e. The number of anilines is 1. The maximum absolute atomic E-state index is 14.9. The number of hydrogen-bond acceptors (Lipinski definition) is 7. The first-order valence-electron chi connectivity index (χ1n) is 12.3. The van der Waals surface area contributed by atoms with Gasteiger partial charge in [0.2, 0.25) is 12.0 Å². The lowest BCUT2D eigenvalue weighted by Crippen LogP contribution is -2.43. The van der Waals surface area contributed by atoms with Gasteiger partial charge in [0.05, 0.1) is 18.5 Å². The molecular formula is C29H22FN7O3. The normalized spacial score (nSPS) is 14.6. The SMILES string of the molecule is COc1ccc2nc(-c3cncc(C)c3)c(C(=O)NC3N=C(c4ccccc4)c4cccc(F)c4NC3=O)n2n1. The van der Waals surface area contributed by atoms with E-state index in [0.29, 0.717) is 33.7 Å². The van der Waals surface area contributed by atoms with Gasteiger partial charge in [0, 0.05) is 35.2 Å². The number of carbonyl (C=O) groups excluding carboxylic acids is 2. The first-order valence-corrected chi connectivity index (χ1v) is 12.3.